The van der Waals surface area contributed by atoms with Crippen LogP contribution in [0.15, 0.2) is 54.7 Å². The summed E-state index contributed by atoms with van der Waals surface area (Å²) in [6.07, 6.45) is 3.97. The van der Waals surface area contributed by atoms with Crippen LogP contribution in [0.25, 0.3) is 6.08 Å². The monoisotopic (exact) mass is 520 g/mol. The highest BCUT2D eigenvalue weighted by Crippen LogP contribution is 2.30. The normalized spacial score (nSPS) is 23.9. The lowest BCUT2D eigenvalue weighted by Crippen LogP contribution is -2.59. The van der Waals surface area contributed by atoms with Gasteiger partial charge in [-0.05, 0) is 49.2 Å². The number of fused-ring (bicyclic) bond motifs is 3. The average Bonchev–Trinajstić information content (AvgIpc) is 3.34. The highest BCUT2D eigenvalue weighted by atomic mass is 16.5. The smallest absolute Gasteiger partial charge is 0.247 e. The minimum absolute atomic E-state index is 0.0305. The van der Waals surface area contributed by atoms with Gasteiger partial charge < -0.3 is 30.7 Å². The van der Waals surface area contributed by atoms with Crippen molar-refractivity contribution < 1.29 is 24.2 Å². The first-order valence-electron chi connectivity index (χ1n) is 13.1. The van der Waals surface area contributed by atoms with Crippen molar-refractivity contribution in [3.63, 3.8) is 0 Å². The van der Waals surface area contributed by atoms with E-state index in [-0.39, 0.29) is 23.5 Å². The Labute approximate surface area is 223 Å². The van der Waals surface area contributed by atoms with Crippen LogP contribution in [0.5, 0.6) is 11.5 Å². The van der Waals surface area contributed by atoms with Gasteiger partial charge in [-0.3, -0.25) is 14.4 Å². The molecule has 9 heteroatoms. The Morgan fingerprint density at radius 1 is 1.18 bits per heavy atom. The molecule has 0 aromatic heterocycles. The quantitative estimate of drug-likeness (QED) is 0.464. The fourth-order valence-corrected chi connectivity index (χ4v) is 4.97. The molecule has 0 radical (unpaired) electrons. The van der Waals surface area contributed by atoms with E-state index in [2.05, 4.69) is 16.0 Å². The molecule has 0 aliphatic carbocycles. The van der Waals surface area contributed by atoms with E-state index in [1.807, 2.05) is 44.2 Å². The highest BCUT2D eigenvalue weighted by molar-refractivity contribution is 5.94. The van der Waals surface area contributed by atoms with Crippen LogP contribution in [-0.2, 0) is 20.8 Å². The number of nitrogens with one attached hydrogen (secondary N) is 3. The Balaban J connectivity index is 1.68. The first-order valence-corrected chi connectivity index (χ1v) is 13.1. The van der Waals surface area contributed by atoms with Gasteiger partial charge in [0.25, 0.3) is 0 Å². The minimum Gasteiger partial charge on any atom is -0.507 e. The van der Waals surface area contributed by atoms with Gasteiger partial charge in [0, 0.05) is 24.7 Å². The molecule has 202 valence electrons. The van der Waals surface area contributed by atoms with Gasteiger partial charge in [-0.2, -0.15) is 0 Å². The third kappa shape index (κ3) is 5.99. The van der Waals surface area contributed by atoms with Gasteiger partial charge in [0.15, 0.2) is 0 Å². The van der Waals surface area contributed by atoms with Crippen molar-refractivity contribution in [3.05, 3.63) is 65.9 Å². The molecule has 5 atom stereocenters. The number of amides is 3. The molecule has 2 aromatic rings. The van der Waals surface area contributed by atoms with Gasteiger partial charge in [-0.1, -0.05) is 50.6 Å². The lowest BCUT2D eigenvalue weighted by Gasteiger charge is -2.32. The summed E-state index contributed by atoms with van der Waals surface area (Å²) in [4.78, 5) is 42.2. The molecule has 2 aromatic carbocycles. The van der Waals surface area contributed by atoms with E-state index < -0.39 is 30.1 Å². The largest absolute Gasteiger partial charge is 0.507 e. The maximum absolute atomic E-state index is 13.8. The lowest BCUT2D eigenvalue weighted by atomic mass is 9.97. The first-order chi connectivity index (χ1) is 18.3. The van der Waals surface area contributed by atoms with E-state index in [1.54, 1.807) is 30.2 Å². The molecule has 2 heterocycles. The van der Waals surface area contributed by atoms with Crippen LogP contribution in [0.3, 0.4) is 0 Å². The molecule has 0 unspecified atom stereocenters. The zero-order chi connectivity index (χ0) is 27.2. The number of hydrogen-bond acceptors (Lipinski definition) is 6. The number of phenols is 1. The molecule has 3 amide bonds. The SMILES string of the molecule is CC[C@H](C)[C@H]1NC(=O)[C@@H]2[C@@H](CCN2C(=O)[C@H](Cc2ccccc2)NC)Oc2ccc(O)c(c2)/C=C\NC1=O. The molecule has 4 N–H and O–H groups in total. The van der Waals surface area contributed by atoms with Crippen LogP contribution >= 0.6 is 0 Å². The molecular weight excluding hydrogens is 484 g/mol. The van der Waals surface area contributed by atoms with Crippen molar-refractivity contribution in [2.45, 2.75) is 57.3 Å². The summed E-state index contributed by atoms with van der Waals surface area (Å²) in [5, 5.41) is 19.0. The summed E-state index contributed by atoms with van der Waals surface area (Å²) in [7, 11) is 1.73. The second kappa shape index (κ2) is 12.1. The summed E-state index contributed by atoms with van der Waals surface area (Å²) >= 11 is 0. The van der Waals surface area contributed by atoms with Crippen molar-refractivity contribution in [1.82, 2.24) is 20.9 Å². The van der Waals surface area contributed by atoms with Crippen LogP contribution in [0, 0.1) is 5.92 Å². The molecule has 2 aliphatic rings. The molecule has 0 saturated carbocycles. The number of nitrogens with zero attached hydrogens (tertiary/aromatic N) is 1. The number of ether oxygens (including phenoxy) is 1. The first kappa shape index (κ1) is 27.2. The molecular formula is C29H36N4O5. The molecule has 1 saturated heterocycles. The van der Waals surface area contributed by atoms with Crippen molar-refractivity contribution in [3.8, 4) is 11.5 Å². The minimum atomic E-state index is -0.931. The van der Waals surface area contributed by atoms with Crippen LogP contribution in [0.1, 0.15) is 37.8 Å². The molecule has 2 bridgehead atoms. The topological polar surface area (TPSA) is 120 Å². The predicted molar refractivity (Wildman–Crippen MR) is 144 cm³/mol. The van der Waals surface area contributed by atoms with E-state index in [9.17, 15) is 19.5 Å². The van der Waals surface area contributed by atoms with Crippen LogP contribution in [0.4, 0.5) is 0 Å². The van der Waals surface area contributed by atoms with Gasteiger partial charge in [-0.15, -0.1) is 0 Å². The van der Waals surface area contributed by atoms with Crippen LogP contribution < -0.4 is 20.7 Å². The predicted octanol–water partition coefficient (Wildman–Crippen LogP) is 2.20. The van der Waals surface area contributed by atoms with E-state index in [1.165, 1.54) is 12.3 Å². The van der Waals surface area contributed by atoms with E-state index in [0.717, 1.165) is 5.56 Å². The second-order valence-corrected chi connectivity index (χ2v) is 9.89. The average molecular weight is 521 g/mol. The molecule has 1 fully saturated rings. The van der Waals surface area contributed by atoms with Crippen molar-refractivity contribution in [2.75, 3.05) is 13.6 Å². The third-order valence-electron chi connectivity index (χ3n) is 7.39. The fraction of sp³-hybridized carbons (Fsp3) is 0.414. The number of carbonyl (C=O) groups is 3. The number of carbonyl (C=O) groups excluding carboxylic acids is 3. The fourth-order valence-electron chi connectivity index (χ4n) is 4.97. The Bertz CT molecular complexity index is 1180. The summed E-state index contributed by atoms with van der Waals surface area (Å²) in [5.41, 5.74) is 1.46. The Hall–Kier alpha value is -3.85. The maximum Gasteiger partial charge on any atom is 0.247 e. The van der Waals surface area contributed by atoms with Crippen LogP contribution in [-0.4, -0.2) is 65.5 Å². The summed E-state index contributed by atoms with van der Waals surface area (Å²) in [6.45, 7) is 4.17. The Kier molecular flexibility index (Phi) is 8.68. The van der Waals surface area contributed by atoms with Gasteiger partial charge in [0.05, 0.1) is 6.04 Å². The Morgan fingerprint density at radius 2 is 1.95 bits per heavy atom. The number of likely N-dealkylation sites (tertiary alicyclic amines) is 1. The second-order valence-electron chi connectivity index (χ2n) is 9.89. The summed E-state index contributed by atoms with van der Waals surface area (Å²) in [5.74, 6) is -0.673. The number of phenolic OH excluding ortho intramolecular Hbond substituents is 1. The summed E-state index contributed by atoms with van der Waals surface area (Å²) < 4.78 is 6.25. The lowest BCUT2D eigenvalue weighted by molar-refractivity contribution is -0.142. The zero-order valence-electron chi connectivity index (χ0n) is 22.0. The zero-order valence-corrected chi connectivity index (χ0v) is 22.0. The number of aromatic hydroxyl groups is 1. The third-order valence-corrected chi connectivity index (χ3v) is 7.39. The summed E-state index contributed by atoms with van der Waals surface area (Å²) in [6, 6.07) is 12.2. The van der Waals surface area contributed by atoms with E-state index in [0.29, 0.717) is 37.1 Å². The Morgan fingerprint density at radius 3 is 2.66 bits per heavy atom. The molecule has 2 aliphatic heterocycles. The van der Waals surface area contributed by atoms with E-state index in [4.69, 9.17) is 4.74 Å². The van der Waals surface area contributed by atoms with Gasteiger partial charge in [-0.25, -0.2) is 0 Å². The molecule has 4 rings (SSSR count). The van der Waals surface area contributed by atoms with Crippen molar-refractivity contribution in [2.24, 2.45) is 5.92 Å². The molecule has 0 spiro atoms. The maximum atomic E-state index is 13.8. The van der Waals surface area contributed by atoms with Gasteiger partial charge in [0.2, 0.25) is 17.7 Å². The van der Waals surface area contributed by atoms with Crippen molar-refractivity contribution >= 4 is 23.8 Å². The van der Waals surface area contributed by atoms with E-state index >= 15 is 0 Å². The number of likely N-dealkylation sites (N-methyl/N-ethyl adjacent to an activating group) is 1. The van der Waals surface area contributed by atoms with Crippen LogP contribution in [0.2, 0.25) is 0 Å². The number of benzene rings is 2. The molecule has 9 nitrogen and oxygen atoms in total. The number of rotatable bonds is 6. The van der Waals surface area contributed by atoms with Crippen molar-refractivity contribution in [1.29, 1.82) is 0 Å². The van der Waals surface area contributed by atoms with Gasteiger partial charge >= 0.3 is 0 Å². The highest BCUT2D eigenvalue weighted by Gasteiger charge is 2.46. The van der Waals surface area contributed by atoms with Gasteiger partial charge in [0.1, 0.15) is 29.7 Å². The number of hydrogen-bond donors (Lipinski definition) is 4. The molecule has 38 heavy (non-hydrogen) atoms. The standard InChI is InChI=1S/C29H36N4O5/c1-4-18(2)25-27(35)31-14-12-20-17-21(10-11-23(20)34)38-24-13-15-33(26(24)28(36)32-25)29(37)22(30-3)16-19-8-6-5-7-9-19/h5-12,14,17-18,22,24-26,30,34H,4,13,15-16H2,1-3H3,(H,31,35)(H,32,36)/b14-12-/t18-,22-,24+,25+,26-/m0/s1.